The molecule has 4 aromatic rings. The Kier molecular flexibility index (Phi) is 7.46. The van der Waals surface area contributed by atoms with Crippen LogP contribution in [0.5, 0.6) is 0 Å². The quantitative estimate of drug-likeness (QED) is 0.277. The molecule has 1 aliphatic carbocycles. The summed E-state index contributed by atoms with van der Waals surface area (Å²) in [7, 11) is 2.57. The van der Waals surface area contributed by atoms with E-state index in [0.717, 1.165) is 26.4 Å². The Bertz CT molecular complexity index is 1880. The molecular weight excluding hydrogens is 648 g/mol. The zero-order chi connectivity index (χ0) is 32.4. The third-order valence-corrected chi connectivity index (χ3v) is 10.9. The Hall–Kier alpha value is -4.18. The number of Topliss-reactive ketones (excluding diaryl/α,β-unsaturated/α-hetero) is 2. The van der Waals surface area contributed by atoms with Crippen LogP contribution in [0.4, 0.5) is 0 Å². The van der Waals surface area contributed by atoms with Gasteiger partial charge in [-0.3, -0.25) is 25.0 Å². The molecule has 0 spiro atoms. The van der Waals surface area contributed by atoms with Gasteiger partial charge in [-0.25, -0.2) is 4.79 Å². The highest BCUT2D eigenvalue weighted by molar-refractivity contribution is 9.10. The minimum atomic E-state index is -1.66. The van der Waals surface area contributed by atoms with Crippen molar-refractivity contribution in [2.24, 2.45) is 23.7 Å². The van der Waals surface area contributed by atoms with Gasteiger partial charge in [0.05, 0.1) is 32.0 Å². The van der Waals surface area contributed by atoms with Crippen LogP contribution in [0.3, 0.4) is 0 Å². The van der Waals surface area contributed by atoms with E-state index in [1.54, 1.807) is 31.2 Å². The highest BCUT2D eigenvalue weighted by Crippen LogP contribution is 2.59. The number of hydrogen-bond donors (Lipinski definition) is 2. The first kappa shape index (κ1) is 30.5. The van der Waals surface area contributed by atoms with E-state index in [-0.39, 0.29) is 11.6 Å². The second-order valence-corrected chi connectivity index (χ2v) is 13.5. The molecule has 8 atom stereocenters. The molecule has 0 radical (unpaired) electrons. The molecule has 2 saturated heterocycles. The molecule has 2 N–H and O–H groups in total. The van der Waals surface area contributed by atoms with Crippen molar-refractivity contribution in [2.75, 3.05) is 14.2 Å². The summed E-state index contributed by atoms with van der Waals surface area (Å²) in [6.07, 6.45) is 0. The summed E-state index contributed by atoms with van der Waals surface area (Å²) < 4.78 is 11.5. The fourth-order valence-electron chi connectivity index (χ4n) is 8.34. The number of carbonyl (C=O) groups is 4. The summed E-state index contributed by atoms with van der Waals surface area (Å²) in [4.78, 5) is 58.1. The Morgan fingerprint density at radius 3 is 1.91 bits per heavy atom. The number of halogens is 1. The summed E-state index contributed by atoms with van der Waals surface area (Å²) in [6, 6.07) is 28.7. The molecule has 4 aromatic carbocycles. The van der Waals surface area contributed by atoms with Crippen LogP contribution in [0.2, 0.25) is 0 Å². The number of rotatable bonds is 5. The number of carbonyl (C=O) groups excluding carboxylic acids is 4. The van der Waals surface area contributed by atoms with E-state index in [4.69, 9.17) is 9.47 Å². The molecule has 234 valence electrons. The normalized spacial score (nSPS) is 31.7. The zero-order valence-electron chi connectivity index (χ0n) is 25.5. The second kappa shape index (κ2) is 11.3. The van der Waals surface area contributed by atoms with Crippen LogP contribution in [0.15, 0.2) is 102 Å². The Morgan fingerprint density at radius 1 is 0.674 bits per heavy atom. The largest absolute Gasteiger partial charge is 0.468 e. The van der Waals surface area contributed by atoms with Gasteiger partial charge in [0.1, 0.15) is 17.1 Å². The standard InChI is InChI=1S/C37H33BrN2O6/c1-36(34(43)45-2)28-26(31(39-36)23-14-13-20-9-7-8-10-22(20)19-23)33(42)29-27(32(28)41)30(21-15-17-25(38)18-16-21)40-37(29,35(44)46-3)24-11-5-4-6-12-24/h4-19,26-31,39-40H,1-3H3/t26-,27+,28-,29+,30+,31-,36-,37+/m1/s1. The molecule has 0 amide bonds. The predicted octanol–water partition coefficient (Wildman–Crippen LogP) is 5.21. The Labute approximate surface area is 275 Å². The maximum Gasteiger partial charge on any atom is 0.331 e. The van der Waals surface area contributed by atoms with Crippen molar-refractivity contribution in [2.45, 2.75) is 30.1 Å². The van der Waals surface area contributed by atoms with Crippen molar-refractivity contribution >= 4 is 50.2 Å². The minimum Gasteiger partial charge on any atom is -0.468 e. The molecular formula is C37H33BrN2O6. The summed E-state index contributed by atoms with van der Waals surface area (Å²) in [5.41, 5.74) is -1.13. The Balaban J connectivity index is 1.46. The lowest BCUT2D eigenvalue weighted by molar-refractivity contribution is -0.161. The summed E-state index contributed by atoms with van der Waals surface area (Å²) in [5.74, 6) is -5.94. The second-order valence-electron chi connectivity index (χ2n) is 12.6. The van der Waals surface area contributed by atoms with E-state index < -0.39 is 58.8 Å². The monoisotopic (exact) mass is 680 g/mol. The molecule has 2 heterocycles. The number of esters is 2. The third-order valence-electron chi connectivity index (χ3n) is 10.3. The van der Waals surface area contributed by atoms with E-state index in [0.29, 0.717) is 5.56 Å². The van der Waals surface area contributed by atoms with Gasteiger partial charge < -0.3 is 9.47 Å². The van der Waals surface area contributed by atoms with Crippen LogP contribution in [0.25, 0.3) is 10.8 Å². The molecule has 9 heteroatoms. The lowest BCUT2D eigenvalue weighted by Gasteiger charge is -2.42. The van der Waals surface area contributed by atoms with Gasteiger partial charge in [0.2, 0.25) is 0 Å². The lowest BCUT2D eigenvalue weighted by Crippen LogP contribution is -2.60. The minimum absolute atomic E-state index is 0.277. The predicted molar refractivity (Wildman–Crippen MR) is 174 cm³/mol. The summed E-state index contributed by atoms with van der Waals surface area (Å²) in [6.45, 7) is 1.64. The topological polar surface area (TPSA) is 111 Å². The van der Waals surface area contributed by atoms with E-state index in [1.807, 2.05) is 72.8 Å². The van der Waals surface area contributed by atoms with Gasteiger partial charge in [0, 0.05) is 22.5 Å². The molecule has 0 aromatic heterocycles. The lowest BCUT2D eigenvalue weighted by atomic mass is 9.57. The molecule has 7 rings (SSSR count). The molecule has 2 aliphatic heterocycles. The van der Waals surface area contributed by atoms with Crippen LogP contribution in [-0.4, -0.2) is 43.3 Å². The van der Waals surface area contributed by atoms with Crippen molar-refractivity contribution < 1.29 is 28.7 Å². The number of nitrogens with one attached hydrogen (secondary N) is 2. The van der Waals surface area contributed by atoms with Crippen molar-refractivity contribution in [3.63, 3.8) is 0 Å². The van der Waals surface area contributed by atoms with Gasteiger partial charge in [-0.1, -0.05) is 94.8 Å². The maximum atomic E-state index is 15.3. The van der Waals surface area contributed by atoms with E-state index in [9.17, 15) is 9.59 Å². The average Bonchev–Trinajstić information content (AvgIpc) is 3.63. The highest BCUT2D eigenvalue weighted by atomic mass is 79.9. The van der Waals surface area contributed by atoms with Crippen molar-refractivity contribution in [3.8, 4) is 0 Å². The van der Waals surface area contributed by atoms with Crippen LogP contribution in [0.1, 0.15) is 35.7 Å². The van der Waals surface area contributed by atoms with Crippen molar-refractivity contribution in [1.29, 1.82) is 0 Å². The fourth-order valence-corrected chi connectivity index (χ4v) is 8.61. The highest BCUT2D eigenvalue weighted by Gasteiger charge is 2.74. The van der Waals surface area contributed by atoms with E-state index >= 15 is 9.59 Å². The maximum absolute atomic E-state index is 15.3. The van der Waals surface area contributed by atoms with Gasteiger partial charge >= 0.3 is 11.9 Å². The molecule has 8 nitrogen and oxygen atoms in total. The number of benzene rings is 4. The average molecular weight is 682 g/mol. The first-order chi connectivity index (χ1) is 22.2. The van der Waals surface area contributed by atoms with Crippen LogP contribution < -0.4 is 10.6 Å². The van der Waals surface area contributed by atoms with Gasteiger partial charge in [0.25, 0.3) is 0 Å². The third kappa shape index (κ3) is 4.32. The molecule has 46 heavy (non-hydrogen) atoms. The van der Waals surface area contributed by atoms with Crippen LogP contribution in [0, 0.1) is 23.7 Å². The smallest absolute Gasteiger partial charge is 0.331 e. The number of ketones is 2. The number of ether oxygens (including phenoxy) is 2. The summed E-state index contributed by atoms with van der Waals surface area (Å²) in [5, 5.41) is 8.87. The van der Waals surface area contributed by atoms with E-state index in [2.05, 4.69) is 26.6 Å². The van der Waals surface area contributed by atoms with Gasteiger partial charge in [0.15, 0.2) is 5.54 Å². The number of methoxy groups -OCH3 is 2. The number of hydrogen-bond acceptors (Lipinski definition) is 8. The van der Waals surface area contributed by atoms with Crippen molar-refractivity contribution in [1.82, 2.24) is 10.6 Å². The van der Waals surface area contributed by atoms with Gasteiger partial charge in [-0.2, -0.15) is 0 Å². The first-order valence-corrected chi connectivity index (χ1v) is 16.0. The first-order valence-electron chi connectivity index (χ1n) is 15.2. The number of fused-ring (bicyclic) bond motifs is 3. The summed E-state index contributed by atoms with van der Waals surface area (Å²) >= 11 is 3.48. The fraction of sp³-hybridized carbons (Fsp3) is 0.297. The molecule has 1 saturated carbocycles. The SMILES string of the molecule is COC(=O)[C@]1(C)N[C@H](c2ccc3ccccc3c2)[C@@H]2C(=O)[C@@H]3[C@H](C(=O)[C@@H]21)[C@H](c1ccc(Br)cc1)N[C@@]3(C(=O)OC)c1ccccc1. The van der Waals surface area contributed by atoms with E-state index in [1.165, 1.54) is 14.2 Å². The zero-order valence-corrected chi connectivity index (χ0v) is 27.1. The Morgan fingerprint density at radius 2 is 1.24 bits per heavy atom. The van der Waals surface area contributed by atoms with Gasteiger partial charge in [-0.05, 0) is 52.6 Å². The van der Waals surface area contributed by atoms with Crippen LogP contribution >= 0.6 is 15.9 Å². The van der Waals surface area contributed by atoms with Crippen molar-refractivity contribution in [3.05, 3.63) is 118 Å². The van der Waals surface area contributed by atoms with Crippen LogP contribution in [-0.2, 0) is 34.2 Å². The molecule has 3 fully saturated rings. The van der Waals surface area contributed by atoms with Gasteiger partial charge in [-0.15, -0.1) is 0 Å². The molecule has 0 unspecified atom stereocenters. The molecule has 0 bridgehead atoms. The molecule has 3 aliphatic rings.